The Morgan fingerprint density at radius 3 is 2.49 bits per heavy atom. The number of aromatic nitrogens is 1. The van der Waals surface area contributed by atoms with E-state index in [1.165, 1.54) is 12.0 Å². The van der Waals surface area contributed by atoms with E-state index >= 15 is 0 Å². The van der Waals surface area contributed by atoms with Crippen LogP contribution in [0.1, 0.15) is 36.0 Å². The van der Waals surface area contributed by atoms with Crippen molar-refractivity contribution in [2.45, 2.75) is 6.92 Å². The molecule has 0 aliphatic heterocycles. The fourth-order valence-electron chi connectivity index (χ4n) is 3.69. The number of pyridine rings is 1. The van der Waals surface area contributed by atoms with Crippen molar-refractivity contribution in [3.63, 3.8) is 0 Å². The SMILES string of the molecule is COC(=O)c1c(NC(=O)c2cc(-c3cccc(Br)c3)nc3ccccc23)sc(C(=O)N(C)C)c1C. The van der Waals surface area contributed by atoms with Crippen LogP contribution in [0.4, 0.5) is 5.00 Å². The molecule has 4 aromatic rings. The first-order valence-electron chi connectivity index (χ1n) is 10.6. The van der Waals surface area contributed by atoms with E-state index in [4.69, 9.17) is 9.72 Å². The van der Waals surface area contributed by atoms with Crippen LogP contribution in [0.2, 0.25) is 0 Å². The average Bonchev–Trinajstić information content (AvgIpc) is 3.17. The van der Waals surface area contributed by atoms with Crippen molar-refractivity contribution in [2.24, 2.45) is 0 Å². The van der Waals surface area contributed by atoms with Crippen LogP contribution in [0.3, 0.4) is 0 Å². The van der Waals surface area contributed by atoms with E-state index in [0.29, 0.717) is 32.6 Å². The van der Waals surface area contributed by atoms with Crippen LogP contribution in [0, 0.1) is 6.92 Å². The lowest BCUT2D eigenvalue weighted by molar-refractivity contribution is 0.0601. The molecular formula is C26H22BrN3O4S. The molecule has 2 heterocycles. The van der Waals surface area contributed by atoms with E-state index in [0.717, 1.165) is 21.4 Å². The molecule has 2 aromatic heterocycles. The molecule has 4 rings (SSSR count). The molecule has 0 unspecified atom stereocenters. The number of halogens is 1. The predicted molar refractivity (Wildman–Crippen MR) is 141 cm³/mol. The third kappa shape index (κ3) is 4.82. The summed E-state index contributed by atoms with van der Waals surface area (Å²) in [5.74, 6) is -1.30. The number of carbonyl (C=O) groups excluding carboxylic acids is 3. The van der Waals surface area contributed by atoms with E-state index in [2.05, 4.69) is 21.2 Å². The van der Waals surface area contributed by atoms with Crippen LogP contribution in [0.5, 0.6) is 0 Å². The van der Waals surface area contributed by atoms with Gasteiger partial charge in [-0.3, -0.25) is 9.59 Å². The Morgan fingerprint density at radius 2 is 1.80 bits per heavy atom. The van der Waals surface area contributed by atoms with E-state index in [9.17, 15) is 14.4 Å². The zero-order valence-corrected chi connectivity index (χ0v) is 21.9. The second kappa shape index (κ2) is 9.97. The van der Waals surface area contributed by atoms with Gasteiger partial charge in [-0.1, -0.05) is 46.3 Å². The number of methoxy groups -OCH3 is 1. The number of nitrogens with zero attached hydrogens (tertiary/aromatic N) is 2. The molecule has 0 atom stereocenters. The number of hydrogen-bond donors (Lipinski definition) is 1. The summed E-state index contributed by atoms with van der Waals surface area (Å²) in [6.45, 7) is 1.67. The second-order valence-corrected chi connectivity index (χ2v) is 9.92. The minimum Gasteiger partial charge on any atom is -0.465 e. The van der Waals surface area contributed by atoms with Crippen molar-refractivity contribution < 1.29 is 19.1 Å². The van der Waals surface area contributed by atoms with Crippen molar-refractivity contribution in [3.05, 3.63) is 80.6 Å². The van der Waals surface area contributed by atoms with E-state index in [1.807, 2.05) is 48.5 Å². The summed E-state index contributed by atoms with van der Waals surface area (Å²) in [4.78, 5) is 45.3. The molecule has 0 aliphatic rings. The summed E-state index contributed by atoms with van der Waals surface area (Å²) < 4.78 is 5.83. The molecule has 0 spiro atoms. The minimum absolute atomic E-state index is 0.168. The minimum atomic E-state index is -0.624. The molecule has 0 fully saturated rings. The second-order valence-electron chi connectivity index (χ2n) is 7.99. The molecule has 0 saturated carbocycles. The average molecular weight is 552 g/mol. The summed E-state index contributed by atoms with van der Waals surface area (Å²) in [6, 6.07) is 16.7. The first kappa shape index (κ1) is 24.6. The molecule has 2 aromatic carbocycles. The van der Waals surface area contributed by atoms with Crippen LogP contribution in [-0.4, -0.2) is 48.9 Å². The van der Waals surface area contributed by atoms with E-state index in [-0.39, 0.29) is 16.5 Å². The molecule has 2 amide bonds. The summed E-state index contributed by atoms with van der Waals surface area (Å²) in [7, 11) is 4.52. The highest BCUT2D eigenvalue weighted by Gasteiger charge is 2.27. The Hall–Kier alpha value is -3.56. The van der Waals surface area contributed by atoms with Crippen LogP contribution < -0.4 is 5.32 Å². The van der Waals surface area contributed by atoms with Crippen LogP contribution in [-0.2, 0) is 4.74 Å². The number of hydrogen-bond acceptors (Lipinski definition) is 6. The van der Waals surface area contributed by atoms with Gasteiger partial charge >= 0.3 is 5.97 Å². The van der Waals surface area contributed by atoms with Gasteiger partial charge in [-0.2, -0.15) is 0 Å². The molecule has 178 valence electrons. The molecule has 1 N–H and O–H groups in total. The van der Waals surface area contributed by atoms with Crippen molar-refractivity contribution in [1.82, 2.24) is 9.88 Å². The number of ether oxygens (including phenoxy) is 1. The number of amides is 2. The zero-order chi connectivity index (χ0) is 25.3. The monoisotopic (exact) mass is 551 g/mol. The van der Waals surface area contributed by atoms with Crippen LogP contribution in [0.15, 0.2) is 59.1 Å². The Bertz CT molecular complexity index is 1480. The molecule has 0 aliphatic carbocycles. The molecule has 9 heteroatoms. The van der Waals surface area contributed by atoms with Crippen molar-refractivity contribution in [1.29, 1.82) is 0 Å². The highest BCUT2D eigenvalue weighted by Crippen LogP contribution is 2.35. The number of carbonyl (C=O) groups is 3. The highest BCUT2D eigenvalue weighted by atomic mass is 79.9. The van der Waals surface area contributed by atoms with Gasteiger partial charge in [0.25, 0.3) is 11.8 Å². The Balaban J connectivity index is 1.83. The number of nitrogens with one attached hydrogen (secondary N) is 1. The highest BCUT2D eigenvalue weighted by molar-refractivity contribution is 9.10. The largest absolute Gasteiger partial charge is 0.465 e. The van der Waals surface area contributed by atoms with Gasteiger partial charge in [-0.05, 0) is 36.8 Å². The maximum absolute atomic E-state index is 13.6. The van der Waals surface area contributed by atoms with E-state index in [1.54, 1.807) is 27.1 Å². The van der Waals surface area contributed by atoms with Gasteiger partial charge in [-0.25, -0.2) is 9.78 Å². The molecule has 35 heavy (non-hydrogen) atoms. The maximum atomic E-state index is 13.6. The first-order valence-corrected chi connectivity index (χ1v) is 12.2. The van der Waals surface area contributed by atoms with Crippen molar-refractivity contribution in [2.75, 3.05) is 26.5 Å². The number of para-hydroxylation sites is 1. The van der Waals surface area contributed by atoms with Gasteiger partial charge in [0.15, 0.2) is 0 Å². The van der Waals surface area contributed by atoms with Gasteiger partial charge in [-0.15, -0.1) is 11.3 Å². The fourth-order valence-corrected chi connectivity index (χ4v) is 5.30. The Labute approximate surface area is 214 Å². The number of esters is 1. The molecule has 0 saturated heterocycles. The summed E-state index contributed by atoms with van der Waals surface area (Å²) >= 11 is 4.53. The first-order chi connectivity index (χ1) is 16.7. The fraction of sp³-hybridized carbons (Fsp3) is 0.154. The Morgan fingerprint density at radius 1 is 1.06 bits per heavy atom. The zero-order valence-electron chi connectivity index (χ0n) is 19.5. The number of fused-ring (bicyclic) bond motifs is 1. The molecular weight excluding hydrogens is 530 g/mol. The van der Waals surface area contributed by atoms with E-state index < -0.39 is 11.9 Å². The lowest BCUT2D eigenvalue weighted by Crippen LogP contribution is -2.21. The van der Waals surface area contributed by atoms with Gasteiger partial charge in [0.2, 0.25) is 0 Å². The van der Waals surface area contributed by atoms with Gasteiger partial charge in [0.05, 0.1) is 34.3 Å². The van der Waals surface area contributed by atoms with Crippen molar-refractivity contribution in [3.8, 4) is 11.3 Å². The molecule has 7 nitrogen and oxygen atoms in total. The third-order valence-corrected chi connectivity index (χ3v) is 7.13. The quantitative estimate of drug-likeness (QED) is 0.318. The summed E-state index contributed by atoms with van der Waals surface area (Å²) in [5, 5.41) is 3.78. The molecule has 0 bridgehead atoms. The lowest BCUT2D eigenvalue weighted by Gasteiger charge is -2.11. The maximum Gasteiger partial charge on any atom is 0.341 e. The lowest BCUT2D eigenvalue weighted by atomic mass is 10.0. The number of rotatable bonds is 5. The third-order valence-electron chi connectivity index (χ3n) is 5.44. The number of thiophene rings is 1. The molecule has 0 radical (unpaired) electrons. The topological polar surface area (TPSA) is 88.6 Å². The summed E-state index contributed by atoms with van der Waals surface area (Å²) in [6.07, 6.45) is 0. The predicted octanol–water partition coefficient (Wildman–Crippen LogP) is 5.77. The standard InChI is InChI=1S/C26H22BrN3O4S/c1-14-21(26(33)34-4)24(35-22(14)25(32)30(2)3)29-23(31)18-13-20(15-8-7-9-16(27)12-15)28-19-11-6-5-10-17(18)19/h5-13H,1-4H3,(H,29,31). The smallest absolute Gasteiger partial charge is 0.341 e. The van der Waals surface area contributed by atoms with Crippen molar-refractivity contribution >= 4 is 61.0 Å². The van der Waals surface area contributed by atoms with Gasteiger partial charge in [0, 0.05) is 29.5 Å². The van der Waals surface area contributed by atoms with Crippen LogP contribution >= 0.6 is 27.3 Å². The van der Waals surface area contributed by atoms with Crippen LogP contribution in [0.25, 0.3) is 22.2 Å². The van der Waals surface area contributed by atoms with Gasteiger partial charge < -0.3 is 15.0 Å². The van der Waals surface area contributed by atoms with Gasteiger partial charge in [0.1, 0.15) is 5.00 Å². The number of anilines is 1. The Kier molecular flexibility index (Phi) is 7.00. The number of benzene rings is 2. The summed E-state index contributed by atoms with van der Waals surface area (Å²) in [5.41, 5.74) is 3.17. The normalized spacial score (nSPS) is 10.8.